The molecule has 3 aromatic rings. The maximum absolute atomic E-state index is 13.3. The lowest BCUT2D eigenvalue weighted by molar-refractivity contribution is -0.119. The molecule has 1 aliphatic heterocycles. The largest absolute Gasteiger partial charge is 0.503 e. The molecule has 2 heterocycles. The van der Waals surface area contributed by atoms with Gasteiger partial charge in [-0.15, -0.1) is 0 Å². The van der Waals surface area contributed by atoms with Crippen LogP contribution in [0.15, 0.2) is 70.6 Å². The van der Waals surface area contributed by atoms with E-state index < -0.39 is 29.5 Å². The van der Waals surface area contributed by atoms with Crippen molar-refractivity contribution < 1.29 is 24.2 Å². The Labute approximate surface area is 201 Å². The minimum Gasteiger partial charge on any atom is -0.503 e. The number of para-hydroxylation sites is 1. The molecule has 2 aromatic carbocycles. The highest BCUT2D eigenvalue weighted by Gasteiger charge is 2.46. The fraction of sp³-hybridized carbons (Fsp3) is 0.192. The molecule has 0 saturated heterocycles. The predicted molar refractivity (Wildman–Crippen MR) is 131 cm³/mol. The van der Waals surface area contributed by atoms with Gasteiger partial charge in [-0.05, 0) is 46.2 Å². The third kappa shape index (κ3) is 3.86. The summed E-state index contributed by atoms with van der Waals surface area (Å²) >= 11 is 1.49. The molecule has 3 N–H and O–H groups in total. The topological polar surface area (TPSA) is 110 Å². The molecule has 34 heavy (non-hydrogen) atoms. The summed E-state index contributed by atoms with van der Waals surface area (Å²) in [5, 5.41) is 14.6. The van der Waals surface area contributed by atoms with Crippen LogP contribution in [-0.2, 0) is 9.59 Å². The van der Waals surface area contributed by atoms with Crippen molar-refractivity contribution in [2.24, 2.45) is 11.7 Å². The summed E-state index contributed by atoms with van der Waals surface area (Å²) < 4.78 is 5.50. The number of rotatable bonds is 7. The van der Waals surface area contributed by atoms with Gasteiger partial charge in [0, 0.05) is 22.7 Å². The van der Waals surface area contributed by atoms with E-state index in [0.717, 1.165) is 5.56 Å². The number of carbonyl (C=O) groups is 3. The van der Waals surface area contributed by atoms with Crippen LogP contribution in [0.1, 0.15) is 35.8 Å². The van der Waals surface area contributed by atoms with E-state index in [9.17, 15) is 19.5 Å². The number of primary amides is 1. The van der Waals surface area contributed by atoms with E-state index in [1.165, 1.54) is 29.4 Å². The second-order valence-electron chi connectivity index (χ2n) is 8.21. The number of ketones is 1. The van der Waals surface area contributed by atoms with Crippen molar-refractivity contribution in [2.45, 2.75) is 19.9 Å². The molecule has 0 aliphatic carbocycles. The first-order valence-electron chi connectivity index (χ1n) is 10.7. The Hall–Kier alpha value is -3.91. The summed E-state index contributed by atoms with van der Waals surface area (Å²) in [6.07, 6.45) is 0. The van der Waals surface area contributed by atoms with Gasteiger partial charge in [-0.2, -0.15) is 11.3 Å². The van der Waals surface area contributed by atoms with Crippen LogP contribution in [0.5, 0.6) is 5.75 Å². The Morgan fingerprint density at radius 2 is 1.88 bits per heavy atom. The van der Waals surface area contributed by atoms with Crippen molar-refractivity contribution in [1.82, 2.24) is 0 Å². The van der Waals surface area contributed by atoms with E-state index >= 15 is 0 Å². The number of hydrogen-bond acceptors (Lipinski definition) is 6. The maximum atomic E-state index is 13.3. The number of ether oxygens (including phenoxy) is 1. The molecule has 1 unspecified atom stereocenters. The fourth-order valence-corrected chi connectivity index (χ4v) is 4.83. The first-order chi connectivity index (χ1) is 16.3. The number of nitrogens with zero attached hydrogens (tertiary/aromatic N) is 1. The first-order valence-corrected chi connectivity index (χ1v) is 11.6. The van der Waals surface area contributed by atoms with Gasteiger partial charge >= 0.3 is 0 Å². The van der Waals surface area contributed by atoms with Crippen LogP contribution in [0, 0.1) is 5.92 Å². The molecule has 0 saturated carbocycles. The summed E-state index contributed by atoms with van der Waals surface area (Å²) in [5.41, 5.74) is 8.23. The first kappa shape index (κ1) is 23.3. The van der Waals surface area contributed by atoms with E-state index in [-0.39, 0.29) is 16.9 Å². The van der Waals surface area contributed by atoms with E-state index in [2.05, 4.69) is 0 Å². The molecule has 1 aliphatic rings. The van der Waals surface area contributed by atoms with Crippen molar-refractivity contribution >= 4 is 34.6 Å². The standard InChI is InChI=1S/C26H24N2O5S/c1-14(2)23(29)21-22(18-6-4-5-7-20(18)33-3)28(26(32)24(21)30)16-8-9-17(15-10-11-34-13-15)19(12-16)25(27)31/h4-14,22,30H,1-3H3,(H2,27,31). The number of aliphatic hydroxyl groups excluding tert-OH is 1. The Morgan fingerprint density at radius 1 is 1.15 bits per heavy atom. The Kier molecular flexibility index (Phi) is 6.26. The molecule has 0 fully saturated rings. The molecular formula is C26H24N2O5S. The van der Waals surface area contributed by atoms with Crippen LogP contribution in [0.3, 0.4) is 0 Å². The minimum absolute atomic E-state index is 0.00737. The van der Waals surface area contributed by atoms with Crippen LogP contribution >= 0.6 is 11.3 Å². The Morgan fingerprint density at radius 3 is 2.50 bits per heavy atom. The molecular weight excluding hydrogens is 452 g/mol. The molecule has 1 atom stereocenters. The second kappa shape index (κ2) is 9.15. The van der Waals surface area contributed by atoms with Crippen molar-refractivity contribution in [3.63, 3.8) is 0 Å². The van der Waals surface area contributed by atoms with Crippen LogP contribution in [-0.4, -0.2) is 29.8 Å². The van der Waals surface area contributed by atoms with Gasteiger partial charge in [-0.3, -0.25) is 19.3 Å². The smallest absolute Gasteiger partial charge is 0.294 e. The molecule has 4 rings (SSSR count). The normalized spacial score (nSPS) is 15.8. The number of aliphatic hydroxyl groups is 1. The van der Waals surface area contributed by atoms with Gasteiger partial charge in [0.1, 0.15) is 5.75 Å². The summed E-state index contributed by atoms with van der Waals surface area (Å²) in [7, 11) is 1.49. The molecule has 174 valence electrons. The van der Waals surface area contributed by atoms with Gasteiger partial charge in [-0.1, -0.05) is 38.1 Å². The number of benzene rings is 2. The number of anilines is 1. The number of methoxy groups -OCH3 is 1. The van der Waals surface area contributed by atoms with Crippen LogP contribution in [0.4, 0.5) is 5.69 Å². The third-order valence-corrected chi connectivity index (χ3v) is 6.49. The van der Waals surface area contributed by atoms with Gasteiger partial charge in [0.25, 0.3) is 5.91 Å². The van der Waals surface area contributed by atoms with E-state index in [1.54, 1.807) is 50.2 Å². The van der Waals surface area contributed by atoms with E-state index in [0.29, 0.717) is 22.6 Å². The van der Waals surface area contributed by atoms with Crippen LogP contribution in [0.2, 0.25) is 0 Å². The molecule has 2 amide bonds. The number of hydrogen-bond donors (Lipinski definition) is 2. The van der Waals surface area contributed by atoms with Crippen LogP contribution < -0.4 is 15.4 Å². The average molecular weight is 477 g/mol. The lowest BCUT2D eigenvalue weighted by Crippen LogP contribution is -2.32. The highest BCUT2D eigenvalue weighted by Crippen LogP contribution is 2.45. The van der Waals surface area contributed by atoms with Gasteiger partial charge in [-0.25, -0.2) is 0 Å². The van der Waals surface area contributed by atoms with Crippen molar-refractivity contribution in [2.75, 3.05) is 12.0 Å². The van der Waals surface area contributed by atoms with Crippen molar-refractivity contribution in [3.05, 3.63) is 81.8 Å². The summed E-state index contributed by atoms with van der Waals surface area (Å²) in [5.74, 6) is -2.35. The monoisotopic (exact) mass is 476 g/mol. The SMILES string of the molecule is COc1ccccc1C1C(C(=O)C(C)C)=C(O)C(=O)N1c1ccc(-c2ccsc2)c(C(N)=O)c1. The van der Waals surface area contributed by atoms with Gasteiger partial charge < -0.3 is 15.6 Å². The Balaban J connectivity index is 1.93. The predicted octanol–water partition coefficient (Wildman–Crippen LogP) is 4.65. The van der Waals surface area contributed by atoms with Crippen molar-refractivity contribution in [1.29, 1.82) is 0 Å². The maximum Gasteiger partial charge on any atom is 0.294 e. The number of carbonyl (C=O) groups excluding carboxylic acids is 3. The third-order valence-electron chi connectivity index (χ3n) is 5.81. The second-order valence-corrected chi connectivity index (χ2v) is 8.99. The molecule has 7 nitrogen and oxygen atoms in total. The zero-order valence-corrected chi connectivity index (χ0v) is 19.8. The number of Topliss-reactive ketones (excluding diaryl/α,β-unsaturated/α-hetero) is 1. The molecule has 0 bridgehead atoms. The molecule has 1 aromatic heterocycles. The van der Waals surface area contributed by atoms with E-state index in [4.69, 9.17) is 10.5 Å². The Bertz CT molecular complexity index is 1310. The molecule has 0 spiro atoms. The van der Waals surface area contributed by atoms with Crippen molar-refractivity contribution in [3.8, 4) is 16.9 Å². The highest BCUT2D eigenvalue weighted by atomic mass is 32.1. The highest BCUT2D eigenvalue weighted by molar-refractivity contribution is 7.08. The van der Waals surface area contributed by atoms with Crippen LogP contribution in [0.25, 0.3) is 11.1 Å². The van der Waals surface area contributed by atoms with Gasteiger partial charge in [0.15, 0.2) is 11.5 Å². The zero-order chi connectivity index (χ0) is 24.6. The number of nitrogens with two attached hydrogens (primary N) is 1. The summed E-state index contributed by atoms with van der Waals surface area (Å²) in [4.78, 5) is 40.1. The molecule has 0 radical (unpaired) electrons. The fourth-order valence-electron chi connectivity index (χ4n) is 4.18. The summed E-state index contributed by atoms with van der Waals surface area (Å²) in [6, 6.07) is 12.8. The lowest BCUT2D eigenvalue weighted by Gasteiger charge is -2.29. The van der Waals surface area contributed by atoms with Gasteiger partial charge in [0.2, 0.25) is 5.91 Å². The quantitative estimate of drug-likeness (QED) is 0.516. The van der Waals surface area contributed by atoms with E-state index in [1.807, 2.05) is 16.8 Å². The zero-order valence-electron chi connectivity index (χ0n) is 18.9. The summed E-state index contributed by atoms with van der Waals surface area (Å²) in [6.45, 7) is 3.41. The number of amides is 2. The van der Waals surface area contributed by atoms with Gasteiger partial charge in [0.05, 0.1) is 18.7 Å². The lowest BCUT2D eigenvalue weighted by atomic mass is 9.90. The minimum atomic E-state index is -0.939. The molecule has 8 heteroatoms. The average Bonchev–Trinajstić information content (AvgIpc) is 3.45. The number of thiophene rings is 1.